The minimum Gasteiger partial charge on any atom is -0.463 e. The highest BCUT2D eigenvalue weighted by Crippen LogP contribution is 2.28. The Morgan fingerprint density at radius 2 is 2.00 bits per heavy atom. The van der Waals surface area contributed by atoms with Crippen LogP contribution in [-0.2, 0) is 28.6 Å². The molecule has 0 aromatic heterocycles. The lowest BCUT2D eigenvalue weighted by Gasteiger charge is -2.43. The van der Waals surface area contributed by atoms with E-state index in [0.29, 0.717) is 0 Å². The van der Waals surface area contributed by atoms with Gasteiger partial charge in [-0.15, -0.1) is 0 Å². The van der Waals surface area contributed by atoms with Crippen LogP contribution in [-0.4, -0.2) is 60.6 Å². The Hall–Kier alpha value is -2.36. The van der Waals surface area contributed by atoms with Crippen molar-refractivity contribution in [2.75, 3.05) is 13.2 Å². The van der Waals surface area contributed by atoms with E-state index in [2.05, 4.69) is 15.3 Å². The molecule has 2 N–H and O–H groups in total. The molecule has 0 radical (unpaired) electrons. The Bertz CT molecular complexity index is 534. The summed E-state index contributed by atoms with van der Waals surface area (Å²) >= 11 is 0. The number of amides is 1. The third kappa shape index (κ3) is 5.69. The van der Waals surface area contributed by atoms with E-state index in [1.165, 1.54) is 13.8 Å². The van der Waals surface area contributed by atoms with E-state index in [1.807, 2.05) is 0 Å². The van der Waals surface area contributed by atoms with E-state index < -0.39 is 54.8 Å². The number of ether oxygens (including phenoxy) is 3. The fourth-order valence-electron chi connectivity index (χ4n) is 2.38. The molecule has 1 heterocycles. The minimum atomic E-state index is -1.41. The molecule has 0 aliphatic carbocycles. The van der Waals surface area contributed by atoms with Gasteiger partial charge >= 0.3 is 11.9 Å². The number of carbonyl (C=O) groups excluding carboxylic acids is 3. The first-order valence-corrected chi connectivity index (χ1v) is 7.20. The number of aliphatic hydroxyl groups excluding tert-OH is 1. The molecule has 0 spiro atoms. The topological polar surface area (TPSA) is 160 Å². The third-order valence-corrected chi connectivity index (χ3v) is 3.43. The molecular formula is C13H20N4O7. The lowest BCUT2D eigenvalue weighted by atomic mass is 9.88. The molecular weight excluding hydrogens is 324 g/mol. The average molecular weight is 344 g/mol. The fourth-order valence-corrected chi connectivity index (χ4v) is 2.38. The van der Waals surface area contributed by atoms with E-state index in [0.717, 1.165) is 0 Å². The minimum absolute atomic E-state index is 0.214. The smallest absolute Gasteiger partial charge is 0.303 e. The van der Waals surface area contributed by atoms with Crippen molar-refractivity contribution >= 4 is 17.8 Å². The average Bonchev–Trinajstić information content (AvgIpc) is 2.50. The summed E-state index contributed by atoms with van der Waals surface area (Å²) in [6, 6.07) is -0.899. The maximum absolute atomic E-state index is 11.7. The largest absolute Gasteiger partial charge is 0.463 e. The van der Waals surface area contributed by atoms with Crippen LogP contribution in [0.15, 0.2) is 5.11 Å². The van der Waals surface area contributed by atoms with Crippen LogP contribution in [0.25, 0.3) is 10.4 Å². The molecule has 11 nitrogen and oxygen atoms in total. The molecule has 0 aromatic carbocycles. The van der Waals surface area contributed by atoms with Crippen LogP contribution in [0.2, 0.25) is 0 Å². The number of aliphatic hydroxyl groups is 1. The fraction of sp³-hybridized carbons (Fsp3) is 0.769. The summed E-state index contributed by atoms with van der Waals surface area (Å²) in [4.78, 5) is 36.4. The highest BCUT2D eigenvalue weighted by atomic mass is 16.7. The number of hydrogen-bond donors (Lipinski definition) is 2. The SMILES string of the molecule is CC(=O)OCC1O[C@@H](O)[C@@H](NC(=O)CN=[N+]=[N-])C(C)[C@H]1OC(C)=O. The molecule has 1 aliphatic rings. The van der Waals surface area contributed by atoms with E-state index in [4.69, 9.17) is 19.7 Å². The predicted molar refractivity (Wildman–Crippen MR) is 78.2 cm³/mol. The number of nitrogens with zero attached hydrogens (tertiary/aromatic N) is 3. The molecule has 1 fully saturated rings. The molecule has 1 amide bonds. The van der Waals surface area contributed by atoms with Gasteiger partial charge in [0.05, 0.1) is 6.04 Å². The van der Waals surface area contributed by atoms with Gasteiger partial charge in [0.1, 0.15) is 25.4 Å². The Morgan fingerprint density at radius 1 is 1.33 bits per heavy atom. The summed E-state index contributed by atoms with van der Waals surface area (Å²) in [7, 11) is 0. The van der Waals surface area contributed by atoms with Crippen LogP contribution in [0.3, 0.4) is 0 Å². The van der Waals surface area contributed by atoms with Gasteiger partial charge in [-0.1, -0.05) is 12.0 Å². The Morgan fingerprint density at radius 3 is 2.54 bits per heavy atom. The zero-order chi connectivity index (χ0) is 18.3. The van der Waals surface area contributed by atoms with E-state index >= 15 is 0 Å². The van der Waals surface area contributed by atoms with Crippen molar-refractivity contribution in [3.8, 4) is 0 Å². The second-order valence-electron chi connectivity index (χ2n) is 5.28. The van der Waals surface area contributed by atoms with Crippen LogP contribution in [0.1, 0.15) is 20.8 Å². The Balaban J connectivity index is 2.86. The summed E-state index contributed by atoms with van der Waals surface area (Å²) in [5.74, 6) is -2.30. The van der Waals surface area contributed by atoms with E-state index in [1.54, 1.807) is 6.92 Å². The number of azide groups is 1. The van der Waals surface area contributed by atoms with Gasteiger partial charge in [0.2, 0.25) is 5.91 Å². The number of esters is 2. The molecule has 5 atom stereocenters. The number of carbonyl (C=O) groups is 3. The van der Waals surface area contributed by atoms with Crippen molar-refractivity contribution in [3.05, 3.63) is 10.4 Å². The normalized spacial score (nSPS) is 29.1. The molecule has 24 heavy (non-hydrogen) atoms. The molecule has 0 aromatic rings. The summed E-state index contributed by atoms with van der Waals surface area (Å²) < 4.78 is 15.4. The maximum Gasteiger partial charge on any atom is 0.303 e. The van der Waals surface area contributed by atoms with Crippen LogP contribution < -0.4 is 5.32 Å². The molecule has 1 saturated heterocycles. The van der Waals surface area contributed by atoms with Gasteiger partial charge in [-0.05, 0) is 5.53 Å². The summed E-state index contributed by atoms with van der Waals surface area (Å²) in [6.45, 7) is 3.40. The standard InChI is InChI=1S/C13H20N4O7/c1-6-11(16-10(20)4-15-17-14)13(21)24-9(5-22-7(2)18)12(6)23-8(3)19/h6,9,11-13,21H,4-5H2,1-3H3,(H,16,20)/t6?,9?,11-,12+,13+/m0/s1. The Labute approximate surface area is 137 Å². The monoisotopic (exact) mass is 344 g/mol. The van der Waals surface area contributed by atoms with Crippen LogP contribution >= 0.6 is 0 Å². The van der Waals surface area contributed by atoms with Crippen molar-refractivity contribution < 1.29 is 33.7 Å². The zero-order valence-electron chi connectivity index (χ0n) is 13.5. The lowest BCUT2D eigenvalue weighted by Crippen LogP contribution is -2.61. The quantitative estimate of drug-likeness (QED) is 0.287. The predicted octanol–water partition coefficient (Wildman–Crippen LogP) is -0.370. The van der Waals surface area contributed by atoms with Crippen molar-refractivity contribution in [1.29, 1.82) is 0 Å². The first kappa shape index (κ1) is 19.7. The van der Waals surface area contributed by atoms with Gasteiger partial charge in [-0.2, -0.15) is 0 Å². The number of nitrogens with one attached hydrogen (secondary N) is 1. The first-order chi connectivity index (χ1) is 11.3. The van der Waals surface area contributed by atoms with E-state index in [9.17, 15) is 19.5 Å². The Kier molecular flexibility index (Phi) is 7.43. The van der Waals surface area contributed by atoms with Crippen LogP contribution in [0, 0.1) is 5.92 Å². The zero-order valence-corrected chi connectivity index (χ0v) is 13.5. The van der Waals surface area contributed by atoms with Gasteiger partial charge in [0.25, 0.3) is 0 Å². The van der Waals surface area contributed by atoms with Gasteiger partial charge in [-0.3, -0.25) is 14.4 Å². The highest BCUT2D eigenvalue weighted by molar-refractivity contribution is 5.78. The number of rotatable bonds is 6. The van der Waals surface area contributed by atoms with Crippen molar-refractivity contribution in [1.82, 2.24) is 5.32 Å². The second-order valence-corrected chi connectivity index (χ2v) is 5.28. The molecule has 1 rings (SSSR count). The molecule has 0 saturated carbocycles. The van der Waals surface area contributed by atoms with Gasteiger partial charge in [0, 0.05) is 24.7 Å². The lowest BCUT2D eigenvalue weighted by molar-refractivity contribution is -0.246. The van der Waals surface area contributed by atoms with Gasteiger partial charge in [0.15, 0.2) is 6.29 Å². The van der Waals surface area contributed by atoms with E-state index in [-0.39, 0.29) is 6.61 Å². The second kappa shape index (κ2) is 9.06. The molecule has 11 heteroatoms. The van der Waals surface area contributed by atoms with Crippen LogP contribution in [0.4, 0.5) is 0 Å². The first-order valence-electron chi connectivity index (χ1n) is 7.20. The van der Waals surface area contributed by atoms with Crippen molar-refractivity contribution in [3.63, 3.8) is 0 Å². The summed E-state index contributed by atoms with van der Waals surface area (Å²) in [5, 5.41) is 15.7. The van der Waals surface area contributed by atoms with Gasteiger partial charge in [-0.25, -0.2) is 0 Å². The van der Waals surface area contributed by atoms with Crippen molar-refractivity contribution in [2.24, 2.45) is 11.0 Å². The summed E-state index contributed by atoms with van der Waals surface area (Å²) in [5.41, 5.74) is 8.21. The molecule has 1 aliphatic heterocycles. The molecule has 2 unspecified atom stereocenters. The maximum atomic E-state index is 11.7. The number of hydrogen-bond acceptors (Lipinski definition) is 8. The van der Waals surface area contributed by atoms with Crippen LogP contribution in [0.5, 0.6) is 0 Å². The van der Waals surface area contributed by atoms with Gasteiger partial charge < -0.3 is 24.6 Å². The highest BCUT2D eigenvalue weighted by Gasteiger charge is 2.45. The summed E-state index contributed by atoms with van der Waals surface area (Å²) in [6.07, 6.45) is -3.15. The third-order valence-electron chi connectivity index (χ3n) is 3.43. The molecule has 134 valence electrons. The molecule has 0 bridgehead atoms. The van der Waals surface area contributed by atoms with Crippen molar-refractivity contribution in [2.45, 2.75) is 45.3 Å².